The van der Waals surface area contributed by atoms with Gasteiger partial charge in [-0.05, 0) is 38.0 Å². The number of carbonyl (C=O) groups excluding carboxylic acids is 3. The van der Waals surface area contributed by atoms with Gasteiger partial charge in [-0.3, -0.25) is 24.7 Å². The predicted molar refractivity (Wildman–Crippen MR) is 111 cm³/mol. The first-order valence-corrected chi connectivity index (χ1v) is 10.3. The van der Waals surface area contributed by atoms with E-state index in [1.165, 1.54) is 12.4 Å². The van der Waals surface area contributed by atoms with Gasteiger partial charge in [0.2, 0.25) is 11.8 Å². The van der Waals surface area contributed by atoms with E-state index in [0.29, 0.717) is 29.3 Å². The van der Waals surface area contributed by atoms with Gasteiger partial charge < -0.3 is 9.15 Å². The lowest BCUT2D eigenvalue weighted by atomic mass is 10.1. The molecule has 1 fully saturated rings. The highest BCUT2D eigenvalue weighted by atomic mass is 32.2. The number of benzene rings is 1. The number of hydrogen-bond acceptors (Lipinski definition) is 9. The van der Waals surface area contributed by atoms with Gasteiger partial charge >= 0.3 is 5.97 Å². The average molecular weight is 438 g/mol. The standard InChI is InChI=1S/C21H18N4O5S/c1-11(17-12(2)29-19(24-17)15-10-22-7-8-23-15)20(27)30-14-5-3-13(4-6-14)9-16-18(26)25-21(28)31-16/h3-8,10-11,16H,9H2,1-2H3,(H,25,26,28). The van der Waals surface area contributed by atoms with Crippen LogP contribution in [-0.2, 0) is 16.0 Å². The maximum absolute atomic E-state index is 12.6. The van der Waals surface area contributed by atoms with Crippen molar-refractivity contribution in [3.63, 3.8) is 0 Å². The van der Waals surface area contributed by atoms with Crippen molar-refractivity contribution in [1.29, 1.82) is 0 Å². The average Bonchev–Trinajstić information content (AvgIpc) is 3.30. The summed E-state index contributed by atoms with van der Waals surface area (Å²) in [6, 6.07) is 6.83. The molecule has 10 heteroatoms. The zero-order valence-corrected chi connectivity index (χ0v) is 17.5. The number of imide groups is 1. The summed E-state index contributed by atoms with van der Waals surface area (Å²) in [6.45, 7) is 3.41. The first-order valence-electron chi connectivity index (χ1n) is 9.46. The van der Waals surface area contributed by atoms with Crippen LogP contribution in [0.25, 0.3) is 11.6 Å². The van der Waals surface area contributed by atoms with Gasteiger partial charge in [0.1, 0.15) is 23.1 Å². The Kier molecular flexibility index (Phi) is 5.81. The highest BCUT2D eigenvalue weighted by Gasteiger charge is 2.31. The molecule has 2 atom stereocenters. The molecule has 1 aliphatic heterocycles. The predicted octanol–water partition coefficient (Wildman–Crippen LogP) is 3.04. The molecule has 2 amide bonds. The molecule has 1 aromatic carbocycles. The smallest absolute Gasteiger partial charge is 0.320 e. The normalized spacial score (nSPS) is 16.8. The van der Waals surface area contributed by atoms with Crippen LogP contribution in [0.3, 0.4) is 0 Å². The molecule has 1 N–H and O–H groups in total. The number of aryl methyl sites for hydroxylation is 1. The van der Waals surface area contributed by atoms with Crippen molar-refractivity contribution in [2.45, 2.75) is 31.4 Å². The van der Waals surface area contributed by atoms with E-state index in [1.54, 1.807) is 44.3 Å². The molecule has 9 nitrogen and oxygen atoms in total. The molecule has 3 aromatic rings. The van der Waals surface area contributed by atoms with E-state index in [-0.39, 0.29) is 17.0 Å². The van der Waals surface area contributed by atoms with Gasteiger partial charge in [-0.25, -0.2) is 9.97 Å². The second kappa shape index (κ2) is 8.68. The topological polar surface area (TPSA) is 124 Å². The van der Waals surface area contributed by atoms with Crippen LogP contribution >= 0.6 is 11.8 Å². The largest absolute Gasteiger partial charge is 0.440 e. The summed E-state index contributed by atoms with van der Waals surface area (Å²) in [6.07, 6.45) is 5.03. The fraction of sp³-hybridized carbons (Fsp3) is 0.238. The molecule has 2 aromatic heterocycles. The van der Waals surface area contributed by atoms with Gasteiger partial charge in [-0.15, -0.1) is 0 Å². The van der Waals surface area contributed by atoms with E-state index >= 15 is 0 Å². The molecule has 1 saturated heterocycles. The minimum atomic E-state index is -0.654. The van der Waals surface area contributed by atoms with E-state index in [9.17, 15) is 14.4 Å². The number of carbonyl (C=O) groups is 3. The Morgan fingerprint density at radius 1 is 1.26 bits per heavy atom. The number of amides is 2. The molecular weight excluding hydrogens is 420 g/mol. The summed E-state index contributed by atoms with van der Waals surface area (Å²) in [7, 11) is 0. The molecule has 1 aliphatic rings. The van der Waals surface area contributed by atoms with E-state index in [4.69, 9.17) is 9.15 Å². The van der Waals surface area contributed by atoms with Crippen LogP contribution in [0.4, 0.5) is 4.79 Å². The molecule has 0 bridgehead atoms. The van der Waals surface area contributed by atoms with Crippen LogP contribution in [0, 0.1) is 6.92 Å². The fourth-order valence-electron chi connectivity index (χ4n) is 3.08. The Labute approximate surface area is 181 Å². The van der Waals surface area contributed by atoms with E-state index in [2.05, 4.69) is 20.3 Å². The van der Waals surface area contributed by atoms with Crippen molar-refractivity contribution in [3.05, 3.63) is 59.9 Å². The van der Waals surface area contributed by atoms with Crippen LogP contribution in [0.15, 0.2) is 47.3 Å². The quantitative estimate of drug-likeness (QED) is 0.457. The van der Waals surface area contributed by atoms with Crippen molar-refractivity contribution in [3.8, 4) is 17.3 Å². The molecule has 2 unspecified atom stereocenters. The number of nitrogens with zero attached hydrogens (tertiary/aromatic N) is 3. The Morgan fingerprint density at radius 2 is 2.03 bits per heavy atom. The second-order valence-corrected chi connectivity index (χ2v) is 8.10. The number of aromatic nitrogens is 3. The minimum absolute atomic E-state index is 0.289. The summed E-state index contributed by atoms with van der Waals surface area (Å²) < 4.78 is 11.1. The summed E-state index contributed by atoms with van der Waals surface area (Å²) in [4.78, 5) is 48.1. The number of esters is 1. The van der Waals surface area contributed by atoms with Gasteiger partial charge in [0.15, 0.2) is 0 Å². The monoisotopic (exact) mass is 438 g/mol. The second-order valence-electron chi connectivity index (χ2n) is 6.93. The van der Waals surface area contributed by atoms with Gasteiger partial charge in [-0.2, -0.15) is 0 Å². The van der Waals surface area contributed by atoms with Crippen LogP contribution in [-0.4, -0.2) is 37.3 Å². The SMILES string of the molecule is Cc1oc(-c2cnccn2)nc1C(C)C(=O)Oc1ccc(CC2SC(=O)NC2=O)cc1. The van der Waals surface area contributed by atoms with Crippen LogP contribution in [0.5, 0.6) is 5.75 Å². The fourth-order valence-corrected chi connectivity index (χ4v) is 3.94. The van der Waals surface area contributed by atoms with Gasteiger partial charge in [0, 0.05) is 12.4 Å². The molecule has 0 aliphatic carbocycles. The molecular formula is C21H18N4O5S. The van der Waals surface area contributed by atoms with Crippen molar-refractivity contribution >= 4 is 28.9 Å². The van der Waals surface area contributed by atoms with Crippen LogP contribution in [0.2, 0.25) is 0 Å². The highest BCUT2D eigenvalue weighted by molar-refractivity contribution is 8.15. The Morgan fingerprint density at radius 3 is 2.68 bits per heavy atom. The molecule has 3 heterocycles. The number of nitrogens with one attached hydrogen (secondary N) is 1. The third-order valence-electron chi connectivity index (χ3n) is 4.71. The lowest BCUT2D eigenvalue weighted by Crippen LogP contribution is -2.25. The van der Waals surface area contributed by atoms with Crippen molar-refractivity contribution in [1.82, 2.24) is 20.3 Å². The third kappa shape index (κ3) is 4.64. The van der Waals surface area contributed by atoms with Crippen LogP contribution in [0.1, 0.15) is 29.9 Å². The maximum atomic E-state index is 12.6. The zero-order chi connectivity index (χ0) is 22.0. The van der Waals surface area contributed by atoms with Crippen molar-refractivity contribution in [2.24, 2.45) is 0 Å². The first kappa shape index (κ1) is 20.7. The highest BCUT2D eigenvalue weighted by Crippen LogP contribution is 2.27. The zero-order valence-electron chi connectivity index (χ0n) is 16.7. The number of rotatable bonds is 6. The molecule has 0 spiro atoms. The number of oxazole rings is 1. The number of hydrogen-bond donors (Lipinski definition) is 1. The molecule has 31 heavy (non-hydrogen) atoms. The number of thioether (sulfide) groups is 1. The summed E-state index contributed by atoms with van der Waals surface area (Å²) in [5.41, 5.74) is 1.80. The van der Waals surface area contributed by atoms with Crippen molar-refractivity contribution < 1.29 is 23.5 Å². The molecule has 158 valence electrons. The Balaban J connectivity index is 1.41. The third-order valence-corrected chi connectivity index (χ3v) is 5.69. The van der Waals surface area contributed by atoms with Crippen LogP contribution < -0.4 is 10.1 Å². The summed E-state index contributed by atoms with van der Waals surface area (Å²) in [5.74, 6) is -0.262. The van der Waals surface area contributed by atoms with E-state index in [1.807, 2.05) is 0 Å². The Hall–Kier alpha value is -3.53. The van der Waals surface area contributed by atoms with Crippen molar-refractivity contribution in [2.75, 3.05) is 0 Å². The molecule has 0 saturated carbocycles. The summed E-state index contributed by atoms with van der Waals surface area (Å²) >= 11 is 0.977. The first-order chi connectivity index (χ1) is 14.9. The van der Waals surface area contributed by atoms with E-state index in [0.717, 1.165) is 17.3 Å². The summed E-state index contributed by atoms with van der Waals surface area (Å²) in [5, 5.41) is 1.49. The van der Waals surface area contributed by atoms with Gasteiger partial charge in [0.25, 0.3) is 5.24 Å². The minimum Gasteiger partial charge on any atom is -0.440 e. The molecule has 0 radical (unpaired) electrons. The molecule has 4 rings (SSSR count). The van der Waals surface area contributed by atoms with Gasteiger partial charge in [0.05, 0.1) is 17.1 Å². The lowest BCUT2D eigenvalue weighted by molar-refractivity contribution is -0.135. The van der Waals surface area contributed by atoms with Gasteiger partial charge in [-0.1, -0.05) is 23.9 Å². The van der Waals surface area contributed by atoms with E-state index < -0.39 is 17.1 Å². The lowest BCUT2D eigenvalue weighted by Gasteiger charge is -2.10. The maximum Gasteiger partial charge on any atom is 0.320 e. The number of ether oxygens (including phenoxy) is 1. The Bertz CT molecular complexity index is 1130.